The molecule has 4 rings (SSSR count). The number of aryl methyl sites for hydroxylation is 1. The zero-order valence-corrected chi connectivity index (χ0v) is 20.2. The second-order valence-electron chi connectivity index (χ2n) is 7.64. The van der Waals surface area contributed by atoms with Gasteiger partial charge >= 0.3 is 0 Å². The molecule has 8 heteroatoms. The molecule has 0 saturated carbocycles. The Bertz CT molecular complexity index is 1400. The Morgan fingerprint density at radius 3 is 1.85 bits per heavy atom. The van der Waals surface area contributed by atoms with E-state index in [0.29, 0.717) is 21.9 Å². The lowest BCUT2D eigenvalue weighted by Gasteiger charge is -2.18. The highest BCUT2D eigenvalue weighted by Crippen LogP contribution is 2.38. The van der Waals surface area contributed by atoms with Crippen LogP contribution in [0.25, 0.3) is 0 Å². The van der Waals surface area contributed by atoms with Gasteiger partial charge in [-0.2, -0.15) is 5.10 Å². The summed E-state index contributed by atoms with van der Waals surface area (Å²) in [5, 5.41) is 8.36. The first-order valence-electron chi connectivity index (χ1n) is 10.6. The van der Waals surface area contributed by atoms with Crippen LogP contribution in [0.2, 0.25) is 0 Å². The lowest BCUT2D eigenvalue weighted by atomic mass is 10.2. The quantitative estimate of drug-likeness (QED) is 0.214. The van der Waals surface area contributed by atoms with Crippen molar-refractivity contribution in [2.45, 2.75) is 11.8 Å². The predicted molar refractivity (Wildman–Crippen MR) is 139 cm³/mol. The highest BCUT2D eigenvalue weighted by molar-refractivity contribution is 7.92. The van der Waals surface area contributed by atoms with Gasteiger partial charge in [-0.3, -0.25) is 14.5 Å². The SMILES string of the molecule is Cc1ccc(S(=O)(=O)Nc2ccccc2C=NNP(=O)(c2ccccc2)c2ccccc2)cc1. The van der Waals surface area contributed by atoms with E-state index in [-0.39, 0.29) is 4.90 Å². The van der Waals surface area contributed by atoms with Crippen LogP contribution in [0, 0.1) is 6.92 Å². The van der Waals surface area contributed by atoms with Crippen molar-refractivity contribution in [2.75, 3.05) is 4.72 Å². The smallest absolute Gasteiger partial charge is 0.261 e. The summed E-state index contributed by atoms with van der Waals surface area (Å²) in [5.74, 6) is 0. The predicted octanol–water partition coefficient (Wildman–Crippen LogP) is 4.65. The molecule has 0 spiro atoms. The second kappa shape index (κ2) is 10.1. The summed E-state index contributed by atoms with van der Waals surface area (Å²) in [6.07, 6.45) is 1.46. The van der Waals surface area contributed by atoms with Crippen LogP contribution >= 0.6 is 7.29 Å². The Hall–Kier alpha value is -3.67. The minimum Gasteiger partial charge on any atom is -0.289 e. The van der Waals surface area contributed by atoms with E-state index in [1.807, 2.05) is 43.3 Å². The first kappa shape index (κ1) is 23.5. The number of para-hydroxylation sites is 1. The zero-order valence-electron chi connectivity index (χ0n) is 18.5. The van der Waals surface area contributed by atoms with Gasteiger partial charge in [0, 0.05) is 16.2 Å². The van der Waals surface area contributed by atoms with Crippen LogP contribution in [0.15, 0.2) is 119 Å². The Morgan fingerprint density at radius 1 is 0.735 bits per heavy atom. The molecule has 0 aromatic heterocycles. The van der Waals surface area contributed by atoms with E-state index in [1.165, 1.54) is 6.21 Å². The van der Waals surface area contributed by atoms with Gasteiger partial charge in [0.2, 0.25) is 7.29 Å². The number of hydrazone groups is 1. The molecule has 0 aliphatic rings. The van der Waals surface area contributed by atoms with E-state index >= 15 is 0 Å². The number of rotatable bonds is 8. The summed E-state index contributed by atoms with van der Waals surface area (Å²) in [6.45, 7) is 1.90. The number of sulfonamides is 1. The molecule has 172 valence electrons. The second-order valence-corrected chi connectivity index (χ2v) is 11.8. The Balaban J connectivity index is 1.62. The molecule has 0 atom stereocenters. The fraction of sp³-hybridized carbons (Fsp3) is 0.0385. The van der Waals surface area contributed by atoms with Crippen molar-refractivity contribution in [2.24, 2.45) is 5.10 Å². The van der Waals surface area contributed by atoms with Crippen molar-refractivity contribution >= 4 is 39.8 Å². The van der Waals surface area contributed by atoms with Gasteiger partial charge in [-0.15, -0.1) is 0 Å². The summed E-state index contributed by atoms with van der Waals surface area (Å²) in [4.78, 5) is 0.167. The van der Waals surface area contributed by atoms with E-state index in [4.69, 9.17) is 0 Å². The Labute approximate surface area is 199 Å². The molecule has 4 aromatic rings. The summed E-state index contributed by atoms with van der Waals surface area (Å²) >= 11 is 0. The molecule has 6 nitrogen and oxygen atoms in total. The number of hydrogen-bond acceptors (Lipinski definition) is 4. The molecule has 0 aliphatic carbocycles. The highest BCUT2D eigenvalue weighted by Gasteiger charge is 2.26. The average Bonchev–Trinajstić information content (AvgIpc) is 2.86. The van der Waals surface area contributed by atoms with Gasteiger partial charge < -0.3 is 0 Å². The van der Waals surface area contributed by atoms with Crippen molar-refractivity contribution in [1.29, 1.82) is 0 Å². The normalized spacial score (nSPS) is 11.9. The van der Waals surface area contributed by atoms with E-state index in [2.05, 4.69) is 15.0 Å². The molecule has 0 radical (unpaired) electrons. The van der Waals surface area contributed by atoms with Crippen LogP contribution in [-0.4, -0.2) is 14.6 Å². The van der Waals surface area contributed by atoms with Crippen molar-refractivity contribution in [3.05, 3.63) is 120 Å². The number of nitrogens with one attached hydrogen (secondary N) is 2. The molecule has 0 saturated heterocycles. The summed E-state index contributed by atoms with van der Waals surface area (Å²) in [7, 11) is -7.04. The third kappa shape index (κ3) is 5.28. The third-order valence-electron chi connectivity index (χ3n) is 5.18. The van der Waals surface area contributed by atoms with Gasteiger partial charge in [0.05, 0.1) is 16.8 Å². The lowest BCUT2D eigenvalue weighted by Crippen LogP contribution is -2.24. The van der Waals surface area contributed by atoms with Crippen molar-refractivity contribution in [3.8, 4) is 0 Å². The van der Waals surface area contributed by atoms with Crippen LogP contribution in [0.1, 0.15) is 11.1 Å². The number of hydrogen-bond donors (Lipinski definition) is 2. The first-order chi connectivity index (χ1) is 16.4. The fourth-order valence-corrected chi connectivity index (χ4v) is 6.36. The maximum Gasteiger partial charge on any atom is 0.261 e. The zero-order chi connectivity index (χ0) is 24.0. The van der Waals surface area contributed by atoms with Gasteiger partial charge in [0.25, 0.3) is 10.0 Å². The third-order valence-corrected chi connectivity index (χ3v) is 9.01. The molecule has 0 fully saturated rings. The van der Waals surface area contributed by atoms with Crippen LogP contribution < -0.4 is 20.5 Å². The van der Waals surface area contributed by atoms with Crippen molar-refractivity contribution < 1.29 is 13.0 Å². The van der Waals surface area contributed by atoms with Crippen LogP contribution in [0.5, 0.6) is 0 Å². The number of benzene rings is 4. The van der Waals surface area contributed by atoms with E-state index in [1.54, 1.807) is 72.8 Å². The standard InChI is InChI=1S/C26H24N3O3PS/c1-21-16-18-25(19-17-21)34(31,32)28-26-15-9-8-10-22(26)20-27-29-33(30,23-11-4-2-5-12-23)24-13-6-3-7-14-24/h2-20,28H,1H3,(H,29,30). The van der Waals surface area contributed by atoms with Gasteiger partial charge in [0.1, 0.15) is 0 Å². The molecular formula is C26H24N3O3PS. The van der Waals surface area contributed by atoms with Gasteiger partial charge in [0.15, 0.2) is 0 Å². The molecular weight excluding hydrogens is 465 g/mol. The maximum absolute atomic E-state index is 14.0. The average molecular weight is 490 g/mol. The Kier molecular flexibility index (Phi) is 6.96. The van der Waals surface area contributed by atoms with Crippen molar-refractivity contribution in [3.63, 3.8) is 0 Å². The summed E-state index contributed by atoms with van der Waals surface area (Å²) in [5.41, 5.74) is 1.86. The summed E-state index contributed by atoms with van der Waals surface area (Å²) < 4.78 is 42.3. The van der Waals surface area contributed by atoms with Gasteiger partial charge in [-0.1, -0.05) is 72.3 Å². The van der Waals surface area contributed by atoms with Crippen LogP contribution in [0.4, 0.5) is 5.69 Å². The molecule has 0 bridgehead atoms. The Morgan fingerprint density at radius 2 is 1.26 bits per heavy atom. The minimum atomic E-state index is -3.78. The van der Waals surface area contributed by atoms with E-state index < -0.39 is 17.3 Å². The van der Waals surface area contributed by atoms with Gasteiger partial charge in [-0.05, 0) is 49.4 Å². The fourth-order valence-electron chi connectivity index (χ4n) is 3.34. The molecule has 34 heavy (non-hydrogen) atoms. The van der Waals surface area contributed by atoms with E-state index in [9.17, 15) is 13.0 Å². The van der Waals surface area contributed by atoms with Crippen molar-refractivity contribution in [1.82, 2.24) is 5.20 Å². The number of anilines is 1. The lowest BCUT2D eigenvalue weighted by molar-refractivity contribution is 0.580. The summed E-state index contributed by atoms with van der Waals surface area (Å²) in [6, 6.07) is 31.7. The highest BCUT2D eigenvalue weighted by atomic mass is 32.2. The topological polar surface area (TPSA) is 87.6 Å². The molecule has 0 unspecified atom stereocenters. The van der Waals surface area contributed by atoms with E-state index in [0.717, 1.165) is 5.56 Å². The molecule has 0 aliphatic heterocycles. The van der Waals surface area contributed by atoms with Crippen LogP contribution in [-0.2, 0) is 14.6 Å². The molecule has 4 aromatic carbocycles. The monoisotopic (exact) mass is 489 g/mol. The first-order valence-corrected chi connectivity index (χ1v) is 13.8. The maximum atomic E-state index is 14.0. The molecule has 0 heterocycles. The molecule has 0 amide bonds. The molecule has 2 N–H and O–H groups in total. The largest absolute Gasteiger partial charge is 0.289 e. The number of nitrogens with zero attached hydrogens (tertiary/aromatic N) is 1. The van der Waals surface area contributed by atoms with Crippen LogP contribution in [0.3, 0.4) is 0 Å². The van der Waals surface area contributed by atoms with Gasteiger partial charge in [-0.25, -0.2) is 8.42 Å². The minimum absolute atomic E-state index is 0.167.